The Bertz CT molecular complexity index is 350. The van der Waals surface area contributed by atoms with Gasteiger partial charge in [0.1, 0.15) is 11.9 Å². The summed E-state index contributed by atoms with van der Waals surface area (Å²) in [7, 11) is 1.83. The maximum absolute atomic E-state index is 11.7. The number of hydrogen-bond donors (Lipinski definition) is 1. The lowest BCUT2D eigenvalue weighted by molar-refractivity contribution is -0.131. The second-order valence-electron chi connectivity index (χ2n) is 4.87. The Morgan fingerprint density at radius 2 is 2.20 bits per heavy atom. The predicted molar refractivity (Wildman–Crippen MR) is 57.4 cm³/mol. The highest BCUT2D eigenvalue weighted by Gasteiger charge is 2.29. The lowest BCUT2D eigenvalue weighted by atomic mass is 9.86. The number of imidazole rings is 1. The van der Waals surface area contributed by atoms with Crippen LogP contribution < -0.4 is 0 Å². The molecule has 0 spiro atoms. The van der Waals surface area contributed by atoms with E-state index in [2.05, 4.69) is 4.98 Å². The summed E-state index contributed by atoms with van der Waals surface area (Å²) in [6.45, 7) is 5.52. The number of aromatic nitrogens is 2. The molecule has 1 unspecified atom stereocenters. The molecule has 1 atom stereocenters. The van der Waals surface area contributed by atoms with E-state index < -0.39 is 11.5 Å². The second-order valence-corrected chi connectivity index (χ2v) is 4.87. The van der Waals surface area contributed by atoms with Crippen LogP contribution >= 0.6 is 0 Å². The van der Waals surface area contributed by atoms with Gasteiger partial charge in [0.15, 0.2) is 5.78 Å². The Morgan fingerprint density at radius 3 is 2.60 bits per heavy atom. The van der Waals surface area contributed by atoms with E-state index >= 15 is 0 Å². The molecule has 0 saturated carbocycles. The highest BCUT2D eigenvalue weighted by atomic mass is 16.3. The van der Waals surface area contributed by atoms with Crippen LogP contribution in [0.4, 0.5) is 0 Å². The molecule has 4 heteroatoms. The molecule has 1 aromatic heterocycles. The number of carbonyl (C=O) groups is 1. The molecule has 0 radical (unpaired) electrons. The van der Waals surface area contributed by atoms with Gasteiger partial charge >= 0.3 is 0 Å². The van der Waals surface area contributed by atoms with Crippen molar-refractivity contribution in [2.75, 3.05) is 0 Å². The first kappa shape index (κ1) is 11.9. The molecule has 0 aliphatic carbocycles. The third-order valence-electron chi connectivity index (χ3n) is 2.38. The van der Waals surface area contributed by atoms with E-state index in [0.29, 0.717) is 5.82 Å². The molecule has 0 aromatic carbocycles. The fraction of sp³-hybridized carbons (Fsp3) is 0.636. The van der Waals surface area contributed by atoms with Crippen LogP contribution in [-0.2, 0) is 18.3 Å². The molecule has 0 fully saturated rings. The van der Waals surface area contributed by atoms with Gasteiger partial charge in [-0.2, -0.15) is 0 Å². The zero-order valence-corrected chi connectivity index (χ0v) is 9.69. The second kappa shape index (κ2) is 4.14. The van der Waals surface area contributed by atoms with Gasteiger partial charge in [0.2, 0.25) is 0 Å². The summed E-state index contributed by atoms with van der Waals surface area (Å²) in [5.41, 5.74) is -0.414. The molecule has 0 aliphatic heterocycles. The SMILES string of the molecule is Cn1ccnc1CC(=O)C(O)C(C)(C)C. The Hall–Kier alpha value is -1.16. The number of aliphatic hydroxyl groups is 1. The van der Waals surface area contributed by atoms with Crippen LogP contribution in [0.5, 0.6) is 0 Å². The first-order chi connectivity index (χ1) is 6.82. The Labute approximate surface area is 89.9 Å². The Balaban J connectivity index is 2.69. The molecule has 0 amide bonds. The van der Waals surface area contributed by atoms with Crippen molar-refractivity contribution in [1.82, 2.24) is 9.55 Å². The van der Waals surface area contributed by atoms with Gasteiger partial charge in [-0.3, -0.25) is 4.79 Å². The standard InChI is InChI=1S/C11H18N2O2/c1-11(2,3)10(15)8(14)7-9-12-5-6-13(9)4/h5-6,10,15H,7H2,1-4H3. The van der Waals surface area contributed by atoms with Crippen LogP contribution in [0.3, 0.4) is 0 Å². The summed E-state index contributed by atoms with van der Waals surface area (Å²) in [6.07, 6.45) is 2.68. The predicted octanol–water partition coefficient (Wildman–Crippen LogP) is 0.939. The lowest BCUT2D eigenvalue weighted by Gasteiger charge is -2.24. The van der Waals surface area contributed by atoms with Crippen LogP contribution in [0.2, 0.25) is 0 Å². The van der Waals surface area contributed by atoms with Crippen LogP contribution in [0.15, 0.2) is 12.4 Å². The topological polar surface area (TPSA) is 55.1 Å². The van der Waals surface area contributed by atoms with E-state index in [0.717, 1.165) is 0 Å². The molecule has 0 bridgehead atoms. The van der Waals surface area contributed by atoms with E-state index in [1.54, 1.807) is 17.0 Å². The van der Waals surface area contributed by atoms with E-state index in [1.165, 1.54) is 0 Å². The Kier molecular flexibility index (Phi) is 3.29. The fourth-order valence-electron chi connectivity index (χ4n) is 1.30. The van der Waals surface area contributed by atoms with E-state index in [4.69, 9.17) is 0 Å². The summed E-state index contributed by atoms with van der Waals surface area (Å²) in [4.78, 5) is 15.8. The van der Waals surface area contributed by atoms with E-state index in [1.807, 2.05) is 27.8 Å². The number of rotatable bonds is 3. The van der Waals surface area contributed by atoms with Gasteiger partial charge in [-0.05, 0) is 5.41 Å². The van der Waals surface area contributed by atoms with Crippen molar-refractivity contribution >= 4 is 5.78 Å². The van der Waals surface area contributed by atoms with Crippen LogP contribution in [0.1, 0.15) is 26.6 Å². The Morgan fingerprint density at radius 1 is 1.60 bits per heavy atom. The molecular formula is C11H18N2O2. The molecular weight excluding hydrogens is 192 g/mol. The van der Waals surface area contributed by atoms with Crippen LogP contribution in [-0.4, -0.2) is 26.5 Å². The molecule has 1 rings (SSSR count). The zero-order chi connectivity index (χ0) is 11.6. The molecule has 1 heterocycles. The average molecular weight is 210 g/mol. The number of carbonyl (C=O) groups excluding carboxylic acids is 1. The summed E-state index contributed by atoms with van der Waals surface area (Å²) in [5.74, 6) is 0.500. The molecule has 84 valence electrons. The number of Topliss-reactive ketones (excluding diaryl/α,β-unsaturated/α-hetero) is 1. The minimum atomic E-state index is -0.936. The first-order valence-electron chi connectivity index (χ1n) is 4.99. The van der Waals surface area contributed by atoms with Gasteiger partial charge in [-0.25, -0.2) is 4.98 Å². The lowest BCUT2D eigenvalue weighted by Crippen LogP contribution is -2.35. The van der Waals surface area contributed by atoms with Gasteiger partial charge < -0.3 is 9.67 Å². The van der Waals surface area contributed by atoms with Crippen LogP contribution in [0.25, 0.3) is 0 Å². The maximum Gasteiger partial charge on any atom is 0.169 e. The van der Waals surface area contributed by atoms with Gasteiger partial charge in [-0.15, -0.1) is 0 Å². The summed E-state index contributed by atoms with van der Waals surface area (Å²) < 4.78 is 1.78. The normalized spacial score (nSPS) is 13.9. The summed E-state index contributed by atoms with van der Waals surface area (Å²) in [6, 6.07) is 0. The quantitative estimate of drug-likeness (QED) is 0.807. The molecule has 15 heavy (non-hydrogen) atoms. The summed E-state index contributed by atoms with van der Waals surface area (Å²) >= 11 is 0. The van der Waals surface area contributed by atoms with Crippen molar-refractivity contribution in [2.24, 2.45) is 12.5 Å². The number of aryl methyl sites for hydroxylation is 1. The number of ketones is 1. The van der Waals surface area contributed by atoms with Gasteiger partial charge in [-0.1, -0.05) is 20.8 Å². The highest BCUT2D eigenvalue weighted by Crippen LogP contribution is 2.20. The smallest absolute Gasteiger partial charge is 0.169 e. The number of hydrogen-bond acceptors (Lipinski definition) is 3. The van der Waals surface area contributed by atoms with Crippen molar-refractivity contribution in [3.63, 3.8) is 0 Å². The van der Waals surface area contributed by atoms with Crippen molar-refractivity contribution in [3.05, 3.63) is 18.2 Å². The van der Waals surface area contributed by atoms with Gasteiger partial charge in [0.25, 0.3) is 0 Å². The first-order valence-corrected chi connectivity index (χ1v) is 4.99. The van der Waals surface area contributed by atoms with Crippen molar-refractivity contribution in [1.29, 1.82) is 0 Å². The monoisotopic (exact) mass is 210 g/mol. The minimum Gasteiger partial charge on any atom is -0.385 e. The fourth-order valence-corrected chi connectivity index (χ4v) is 1.30. The minimum absolute atomic E-state index is 0.182. The molecule has 0 aliphatic rings. The van der Waals surface area contributed by atoms with E-state index in [9.17, 15) is 9.90 Å². The highest BCUT2D eigenvalue weighted by molar-refractivity contribution is 5.85. The van der Waals surface area contributed by atoms with E-state index in [-0.39, 0.29) is 12.2 Å². The zero-order valence-electron chi connectivity index (χ0n) is 9.69. The molecule has 1 aromatic rings. The number of aliphatic hydroxyl groups excluding tert-OH is 1. The molecule has 1 N–H and O–H groups in total. The van der Waals surface area contributed by atoms with Crippen molar-refractivity contribution in [2.45, 2.75) is 33.3 Å². The third-order valence-corrected chi connectivity index (χ3v) is 2.38. The van der Waals surface area contributed by atoms with Crippen LogP contribution in [0, 0.1) is 5.41 Å². The van der Waals surface area contributed by atoms with Crippen molar-refractivity contribution < 1.29 is 9.90 Å². The maximum atomic E-state index is 11.7. The largest absolute Gasteiger partial charge is 0.385 e. The molecule has 4 nitrogen and oxygen atoms in total. The average Bonchev–Trinajstić information content (AvgIpc) is 2.49. The van der Waals surface area contributed by atoms with Crippen molar-refractivity contribution in [3.8, 4) is 0 Å². The van der Waals surface area contributed by atoms with Gasteiger partial charge in [0, 0.05) is 19.4 Å². The third kappa shape index (κ3) is 2.89. The van der Waals surface area contributed by atoms with Gasteiger partial charge in [0.05, 0.1) is 6.42 Å². The summed E-state index contributed by atoms with van der Waals surface area (Å²) in [5, 5.41) is 9.76. The number of nitrogens with zero attached hydrogens (tertiary/aromatic N) is 2. The molecule has 0 saturated heterocycles.